The van der Waals surface area contributed by atoms with Crippen LogP contribution in [0.5, 0.6) is 11.5 Å². The fourth-order valence-electron chi connectivity index (χ4n) is 3.73. The Morgan fingerprint density at radius 1 is 1.00 bits per heavy atom. The molecule has 1 atom stereocenters. The van der Waals surface area contributed by atoms with Crippen molar-refractivity contribution in [3.8, 4) is 11.5 Å². The summed E-state index contributed by atoms with van der Waals surface area (Å²) in [6.45, 7) is 6.04. The lowest BCUT2D eigenvalue weighted by Gasteiger charge is -2.38. The summed E-state index contributed by atoms with van der Waals surface area (Å²) in [5, 5.41) is 11.0. The largest absolute Gasteiger partial charge is 0.504 e. The van der Waals surface area contributed by atoms with E-state index in [9.17, 15) is 5.11 Å². The molecule has 148 valence electrons. The summed E-state index contributed by atoms with van der Waals surface area (Å²) >= 11 is 0. The maximum Gasteiger partial charge on any atom is 0.160 e. The average Bonchev–Trinajstić information content (AvgIpc) is 2.73. The Labute approximate surface area is 165 Å². The number of piperazine rings is 1. The molecule has 0 aliphatic carbocycles. The van der Waals surface area contributed by atoms with Crippen LogP contribution in [0.2, 0.25) is 0 Å². The van der Waals surface area contributed by atoms with Crippen molar-refractivity contribution in [3.05, 3.63) is 60.2 Å². The topological polar surface area (TPSA) is 80.3 Å². The van der Waals surface area contributed by atoms with Crippen LogP contribution in [-0.4, -0.2) is 53.8 Å². The zero-order chi connectivity index (χ0) is 18.8. The molecule has 6 heteroatoms. The van der Waals surface area contributed by atoms with Crippen molar-refractivity contribution in [1.29, 1.82) is 0 Å². The number of phenols is 1. The van der Waals surface area contributed by atoms with Crippen LogP contribution in [0.15, 0.2) is 54.6 Å². The van der Waals surface area contributed by atoms with Gasteiger partial charge in [0.2, 0.25) is 0 Å². The molecule has 1 fully saturated rings. The first-order chi connectivity index (χ1) is 13.2. The Bertz CT molecular complexity index is 939. The lowest BCUT2D eigenvalue weighted by atomic mass is 10.1. The van der Waals surface area contributed by atoms with Crippen LogP contribution in [0.3, 0.4) is 0 Å². The molecular weight excluding hydrogens is 354 g/mol. The molecule has 2 heterocycles. The molecule has 2 aromatic carbocycles. The smallest absolute Gasteiger partial charge is 0.160 e. The van der Waals surface area contributed by atoms with Gasteiger partial charge in [0.15, 0.2) is 11.5 Å². The van der Waals surface area contributed by atoms with Gasteiger partial charge in [-0.2, -0.15) is 0 Å². The third kappa shape index (κ3) is 3.88. The average molecular weight is 381 g/mol. The highest BCUT2D eigenvalue weighted by molar-refractivity contribution is 5.80. The third-order valence-corrected chi connectivity index (χ3v) is 5.46. The number of benzene rings is 2. The molecule has 1 saturated heterocycles. The van der Waals surface area contributed by atoms with Gasteiger partial charge in [-0.3, -0.25) is 4.90 Å². The minimum atomic E-state index is 0. The molecule has 0 radical (unpaired) electrons. The number of ether oxygens (including phenoxy) is 1. The lowest BCUT2D eigenvalue weighted by Crippen LogP contribution is -2.47. The Morgan fingerprint density at radius 2 is 1.75 bits per heavy atom. The van der Waals surface area contributed by atoms with E-state index in [1.165, 1.54) is 5.39 Å². The summed E-state index contributed by atoms with van der Waals surface area (Å²) < 4.78 is 5.25. The number of phenolic OH excluding ortho intramolecular Hbond substituents is 1. The van der Waals surface area contributed by atoms with Crippen molar-refractivity contribution in [2.75, 3.05) is 38.2 Å². The van der Waals surface area contributed by atoms with E-state index in [0.29, 0.717) is 5.75 Å². The SMILES string of the molecule is COc1cc(C(C)N2CCN(c3ccc4ccccc4n3)CC2)ccc1O.O. The number of aromatic hydroxyl groups is 1. The van der Waals surface area contributed by atoms with E-state index in [2.05, 4.69) is 41.0 Å². The minimum Gasteiger partial charge on any atom is -0.504 e. The summed E-state index contributed by atoms with van der Waals surface area (Å²) in [5.74, 6) is 1.76. The predicted molar refractivity (Wildman–Crippen MR) is 112 cm³/mol. The second kappa shape index (κ2) is 8.46. The van der Waals surface area contributed by atoms with Crippen LogP contribution < -0.4 is 9.64 Å². The van der Waals surface area contributed by atoms with Crippen molar-refractivity contribution in [2.45, 2.75) is 13.0 Å². The Balaban J connectivity index is 0.00000225. The number of hydrogen-bond donors (Lipinski definition) is 1. The molecule has 0 spiro atoms. The van der Waals surface area contributed by atoms with E-state index in [4.69, 9.17) is 9.72 Å². The molecule has 3 N–H and O–H groups in total. The van der Waals surface area contributed by atoms with Crippen molar-refractivity contribution in [3.63, 3.8) is 0 Å². The first-order valence-corrected chi connectivity index (χ1v) is 9.37. The number of hydrogen-bond acceptors (Lipinski definition) is 5. The molecule has 1 unspecified atom stereocenters. The lowest BCUT2D eigenvalue weighted by molar-refractivity contribution is 0.198. The summed E-state index contributed by atoms with van der Waals surface area (Å²) in [5.41, 5.74) is 2.20. The van der Waals surface area contributed by atoms with Gasteiger partial charge >= 0.3 is 0 Å². The number of anilines is 1. The molecular formula is C22H27N3O3. The van der Waals surface area contributed by atoms with Crippen LogP contribution in [0.4, 0.5) is 5.82 Å². The quantitative estimate of drug-likeness (QED) is 0.751. The van der Waals surface area contributed by atoms with Crippen LogP contribution in [0.1, 0.15) is 18.5 Å². The summed E-state index contributed by atoms with van der Waals surface area (Å²) in [7, 11) is 1.58. The molecule has 6 nitrogen and oxygen atoms in total. The highest BCUT2D eigenvalue weighted by Crippen LogP contribution is 2.31. The molecule has 1 aliphatic heterocycles. The van der Waals surface area contributed by atoms with Crippen molar-refractivity contribution in [1.82, 2.24) is 9.88 Å². The second-order valence-electron chi connectivity index (χ2n) is 6.99. The van der Waals surface area contributed by atoms with Gasteiger partial charge in [0.05, 0.1) is 12.6 Å². The van der Waals surface area contributed by atoms with Gasteiger partial charge < -0.3 is 20.2 Å². The van der Waals surface area contributed by atoms with E-state index in [1.54, 1.807) is 13.2 Å². The summed E-state index contributed by atoms with van der Waals surface area (Å²) in [6.07, 6.45) is 0. The standard InChI is InChI=1S/C22H25N3O2.H2O/c1-16(18-7-9-20(26)21(15-18)27-2)24-11-13-25(14-12-24)22-10-8-17-5-3-4-6-19(17)23-22;/h3-10,15-16,26H,11-14H2,1-2H3;1H2. The van der Waals surface area contributed by atoms with E-state index in [0.717, 1.165) is 43.1 Å². The minimum absolute atomic E-state index is 0. The van der Waals surface area contributed by atoms with E-state index >= 15 is 0 Å². The molecule has 0 bridgehead atoms. The Kier molecular flexibility index (Phi) is 6.02. The zero-order valence-electron chi connectivity index (χ0n) is 16.3. The fourth-order valence-corrected chi connectivity index (χ4v) is 3.73. The molecule has 1 aromatic heterocycles. The first-order valence-electron chi connectivity index (χ1n) is 9.37. The highest BCUT2D eigenvalue weighted by atomic mass is 16.5. The highest BCUT2D eigenvalue weighted by Gasteiger charge is 2.23. The first kappa shape index (κ1) is 19.9. The number of pyridine rings is 1. The maximum absolute atomic E-state index is 9.81. The second-order valence-corrected chi connectivity index (χ2v) is 6.99. The Hall–Kier alpha value is -2.83. The summed E-state index contributed by atoms with van der Waals surface area (Å²) in [6, 6.07) is 18.4. The van der Waals surface area contributed by atoms with E-state index < -0.39 is 0 Å². The van der Waals surface area contributed by atoms with Crippen molar-refractivity contribution < 1.29 is 15.3 Å². The summed E-state index contributed by atoms with van der Waals surface area (Å²) in [4.78, 5) is 9.64. The van der Waals surface area contributed by atoms with Crippen molar-refractivity contribution in [2.24, 2.45) is 0 Å². The predicted octanol–water partition coefficient (Wildman–Crippen LogP) is 3.01. The van der Waals surface area contributed by atoms with Crippen LogP contribution in [0.25, 0.3) is 10.9 Å². The maximum atomic E-state index is 9.81. The van der Waals surface area contributed by atoms with Crippen LogP contribution in [-0.2, 0) is 0 Å². The molecule has 0 amide bonds. The van der Waals surface area contributed by atoms with Gasteiger partial charge in [-0.15, -0.1) is 0 Å². The van der Waals surface area contributed by atoms with Gasteiger partial charge in [-0.05, 0) is 42.8 Å². The van der Waals surface area contributed by atoms with Gasteiger partial charge in [0.25, 0.3) is 0 Å². The zero-order valence-corrected chi connectivity index (χ0v) is 16.3. The fraction of sp³-hybridized carbons (Fsp3) is 0.318. The molecule has 0 saturated carbocycles. The van der Waals surface area contributed by atoms with Gasteiger partial charge in [-0.1, -0.05) is 24.3 Å². The van der Waals surface area contributed by atoms with Gasteiger partial charge in [0, 0.05) is 37.6 Å². The number of methoxy groups -OCH3 is 1. The molecule has 28 heavy (non-hydrogen) atoms. The molecule has 1 aliphatic rings. The monoisotopic (exact) mass is 381 g/mol. The van der Waals surface area contributed by atoms with Crippen LogP contribution in [0, 0.1) is 0 Å². The number of aromatic nitrogens is 1. The van der Waals surface area contributed by atoms with Crippen LogP contribution >= 0.6 is 0 Å². The van der Waals surface area contributed by atoms with E-state index in [1.807, 2.05) is 24.3 Å². The number of fused-ring (bicyclic) bond motifs is 1. The number of nitrogens with zero attached hydrogens (tertiary/aromatic N) is 3. The van der Waals surface area contributed by atoms with Crippen molar-refractivity contribution >= 4 is 16.7 Å². The van der Waals surface area contributed by atoms with Gasteiger partial charge in [0.1, 0.15) is 5.82 Å². The number of rotatable bonds is 4. The number of para-hydroxylation sites is 1. The molecule has 3 aromatic rings. The third-order valence-electron chi connectivity index (χ3n) is 5.46. The Morgan fingerprint density at radius 3 is 2.50 bits per heavy atom. The van der Waals surface area contributed by atoms with E-state index in [-0.39, 0.29) is 17.3 Å². The van der Waals surface area contributed by atoms with Gasteiger partial charge in [-0.25, -0.2) is 4.98 Å². The normalized spacial score (nSPS) is 15.9. The molecule has 4 rings (SSSR count).